The number of carbonyl (C=O) groups excluding carboxylic acids is 1. The molecule has 25 heavy (non-hydrogen) atoms. The first-order chi connectivity index (χ1) is 12.2. The van der Waals surface area contributed by atoms with E-state index in [1.165, 1.54) is 11.1 Å². The zero-order valence-electron chi connectivity index (χ0n) is 14.4. The van der Waals surface area contributed by atoms with Gasteiger partial charge in [0.15, 0.2) is 0 Å². The summed E-state index contributed by atoms with van der Waals surface area (Å²) in [6, 6.07) is 18.4. The highest BCUT2D eigenvalue weighted by Crippen LogP contribution is 2.25. The Kier molecular flexibility index (Phi) is 4.10. The Bertz CT molecular complexity index is 877. The van der Waals surface area contributed by atoms with Crippen molar-refractivity contribution in [3.63, 3.8) is 0 Å². The van der Waals surface area contributed by atoms with Gasteiger partial charge in [-0.15, -0.1) is 0 Å². The van der Waals surface area contributed by atoms with Gasteiger partial charge < -0.3 is 4.90 Å². The molecule has 1 aliphatic rings. The van der Waals surface area contributed by atoms with E-state index in [1.807, 2.05) is 46.1 Å². The van der Waals surface area contributed by atoms with Gasteiger partial charge in [-0.3, -0.25) is 9.48 Å². The van der Waals surface area contributed by atoms with E-state index in [1.54, 1.807) is 0 Å². The monoisotopic (exact) mass is 331 g/mol. The van der Waals surface area contributed by atoms with Crippen LogP contribution >= 0.6 is 0 Å². The second-order valence-electron chi connectivity index (χ2n) is 6.59. The molecule has 0 bridgehead atoms. The number of hydrogen-bond acceptors (Lipinski definition) is 2. The third kappa shape index (κ3) is 3.20. The van der Waals surface area contributed by atoms with Gasteiger partial charge in [-0.05, 0) is 18.9 Å². The number of likely N-dealkylation sites (tertiary alicyclic amines) is 1. The predicted molar refractivity (Wildman–Crippen MR) is 98.5 cm³/mol. The summed E-state index contributed by atoms with van der Waals surface area (Å²) in [4.78, 5) is 14.7. The SMILES string of the molecule is Cc1ccc(-c2nn(Cc3ccccc3)cc2C(=O)N2CCC2)cc1. The Morgan fingerprint density at radius 3 is 2.40 bits per heavy atom. The van der Waals surface area contributed by atoms with E-state index < -0.39 is 0 Å². The summed E-state index contributed by atoms with van der Waals surface area (Å²) in [6.45, 7) is 4.41. The lowest BCUT2D eigenvalue weighted by atomic mass is 10.0. The normalized spacial score (nSPS) is 13.6. The van der Waals surface area contributed by atoms with Crippen molar-refractivity contribution >= 4 is 5.91 Å². The van der Waals surface area contributed by atoms with E-state index in [-0.39, 0.29) is 5.91 Å². The van der Waals surface area contributed by atoms with Crippen LogP contribution in [-0.4, -0.2) is 33.7 Å². The lowest BCUT2D eigenvalue weighted by Gasteiger charge is -2.30. The third-order valence-corrected chi connectivity index (χ3v) is 4.65. The van der Waals surface area contributed by atoms with E-state index in [0.29, 0.717) is 12.1 Å². The molecule has 0 radical (unpaired) electrons. The number of aryl methyl sites for hydroxylation is 1. The molecule has 4 nitrogen and oxygen atoms in total. The van der Waals surface area contributed by atoms with Crippen molar-refractivity contribution in [2.45, 2.75) is 19.9 Å². The van der Waals surface area contributed by atoms with Crippen LogP contribution in [0.4, 0.5) is 0 Å². The van der Waals surface area contributed by atoms with Crippen LogP contribution in [0.1, 0.15) is 27.9 Å². The van der Waals surface area contributed by atoms with Gasteiger partial charge in [-0.25, -0.2) is 0 Å². The fourth-order valence-corrected chi connectivity index (χ4v) is 3.04. The second-order valence-corrected chi connectivity index (χ2v) is 6.59. The fraction of sp³-hybridized carbons (Fsp3) is 0.238. The largest absolute Gasteiger partial charge is 0.338 e. The van der Waals surface area contributed by atoms with Crippen molar-refractivity contribution in [3.05, 3.63) is 77.5 Å². The van der Waals surface area contributed by atoms with Crippen molar-refractivity contribution in [2.75, 3.05) is 13.1 Å². The molecule has 0 spiro atoms. The first-order valence-electron chi connectivity index (χ1n) is 8.68. The quantitative estimate of drug-likeness (QED) is 0.730. The summed E-state index contributed by atoms with van der Waals surface area (Å²) in [7, 11) is 0. The molecule has 1 saturated heterocycles. The van der Waals surface area contributed by atoms with E-state index in [9.17, 15) is 4.79 Å². The summed E-state index contributed by atoms with van der Waals surface area (Å²) in [5, 5.41) is 4.74. The Morgan fingerprint density at radius 1 is 1.04 bits per heavy atom. The second kappa shape index (κ2) is 6.55. The number of aromatic nitrogens is 2. The molecule has 0 atom stereocenters. The van der Waals surface area contributed by atoms with E-state index in [0.717, 1.165) is 30.8 Å². The minimum atomic E-state index is 0.0844. The van der Waals surface area contributed by atoms with Gasteiger partial charge in [0.1, 0.15) is 5.69 Å². The fourth-order valence-electron chi connectivity index (χ4n) is 3.04. The predicted octanol–water partition coefficient (Wildman–Crippen LogP) is 3.75. The van der Waals surface area contributed by atoms with Gasteiger partial charge in [-0.2, -0.15) is 5.10 Å². The minimum absolute atomic E-state index is 0.0844. The molecule has 2 heterocycles. The minimum Gasteiger partial charge on any atom is -0.338 e. The number of hydrogen-bond donors (Lipinski definition) is 0. The Hall–Kier alpha value is -2.88. The highest BCUT2D eigenvalue weighted by molar-refractivity contribution is 6.00. The maximum absolute atomic E-state index is 12.8. The molecule has 4 heteroatoms. The zero-order valence-corrected chi connectivity index (χ0v) is 14.4. The molecule has 0 unspecified atom stereocenters. The summed E-state index contributed by atoms with van der Waals surface area (Å²) < 4.78 is 1.87. The van der Waals surface area contributed by atoms with Crippen molar-refractivity contribution in [3.8, 4) is 11.3 Å². The Morgan fingerprint density at radius 2 is 1.76 bits per heavy atom. The molecule has 4 rings (SSSR count). The van der Waals surface area contributed by atoms with Crippen LogP contribution < -0.4 is 0 Å². The average molecular weight is 331 g/mol. The number of rotatable bonds is 4. The van der Waals surface area contributed by atoms with Gasteiger partial charge >= 0.3 is 0 Å². The Balaban J connectivity index is 1.72. The molecular formula is C21H21N3O. The first kappa shape index (κ1) is 15.6. The van der Waals surface area contributed by atoms with Gasteiger partial charge in [0.25, 0.3) is 5.91 Å². The van der Waals surface area contributed by atoms with Gasteiger partial charge in [0, 0.05) is 24.8 Å². The zero-order chi connectivity index (χ0) is 17.2. The molecule has 2 aromatic carbocycles. The molecule has 126 valence electrons. The molecule has 1 fully saturated rings. The van der Waals surface area contributed by atoms with Crippen molar-refractivity contribution < 1.29 is 4.79 Å². The number of nitrogens with zero attached hydrogens (tertiary/aromatic N) is 3. The highest BCUT2D eigenvalue weighted by Gasteiger charge is 2.26. The van der Waals surface area contributed by atoms with Crippen LogP contribution in [0.3, 0.4) is 0 Å². The summed E-state index contributed by atoms with van der Waals surface area (Å²) in [6.07, 6.45) is 2.98. The number of carbonyl (C=O) groups is 1. The first-order valence-corrected chi connectivity index (χ1v) is 8.68. The van der Waals surface area contributed by atoms with Gasteiger partial charge in [-0.1, -0.05) is 60.2 Å². The molecular weight excluding hydrogens is 310 g/mol. The highest BCUT2D eigenvalue weighted by atomic mass is 16.2. The average Bonchev–Trinajstić information content (AvgIpc) is 2.99. The maximum Gasteiger partial charge on any atom is 0.257 e. The van der Waals surface area contributed by atoms with Crippen LogP contribution in [0.5, 0.6) is 0 Å². The van der Waals surface area contributed by atoms with E-state index in [2.05, 4.69) is 31.2 Å². The van der Waals surface area contributed by atoms with Crippen LogP contribution in [0.25, 0.3) is 11.3 Å². The Labute approximate surface area is 147 Å². The summed E-state index contributed by atoms with van der Waals surface area (Å²) in [5.74, 6) is 0.0844. The van der Waals surface area contributed by atoms with Crippen molar-refractivity contribution in [1.29, 1.82) is 0 Å². The lowest BCUT2D eigenvalue weighted by Crippen LogP contribution is -2.42. The van der Waals surface area contributed by atoms with Crippen molar-refractivity contribution in [1.82, 2.24) is 14.7 Å². The maximum atomic E-state index is 12.8. The molecule has 3 aromatic rings. The van der Waals surface area contributed by atoms with Crippen molar-refractivity contribution in [2.24, 2.45) is 0 Å². The third-order valence-electron chi connectivity index (χ3n) is 4.65. The van der Waals surface area contributed by atoms with Gasteiger partial charge in [0.2, 0.25) is 0 Å². The lowest BCUT2D eigenvalue weighted by molar-refractivity contribution is 0.0652. The molecule has 0 saturated carbocycles. The van der Waals surface area contributed by atoms with Gasteiger partial charge in [0.05, 0.1) is 12.1 Å². The van der Waals surface area contributed by atoms with E-state index >= 15 is 0 Å². The summed E-state index contributed by atoms with van der Waals surface area (Å²) in [5.41, 5.74) is 4.82. The molecule has 1 amide bonds. The van der Waals surface area contributed by atoms with Crippen LogP contribution in [-0.2, 0) is 6.54 Å². The smallest absolute Gasteiger partial charge is 0.257 e. The topological polar surface area (TPSA) is 38.1 Å². The molecule has 0 N–H and O–H groups in total. The van der Waals surface area contributed by atoms with E-state index in [4.69, 9.17) is 5.10 Å². The molecule has 1 aromatic heterocycles. The number of benzene rings is 2. The molecule has 1 aliphatic heterocycles. The van der Waals surface area contributed by atoms with Crippen LogP contribution in [0.2, 0.25) is 0 Å². The summed E-state index contributed by atoms with van der Waals surface area (Å²) >= 11 is 0. The standard InChI is InChI=1S/C21H21N3O/c1-16-8-10-18(11-9-16)20-19(21(25)23-12-5-13-23)15-24(22-20)14-17-6-3-2-4-7-17/h2-4,6-11,15H,5,12-14H2,1H3. The number of amides is 1. The molecule has 0 aliphatic carbocycles. The van der Waals surface area contributed by atoms with Crippen LogP contribution in [0.15, 0.2) is 60.8 Å². The van der Waals surface area contributed by atoms with Crippen LogP contribution in [0, 0.1) is 6.92 Å².